The molecule has 130 valence electrons. The second kappa shape index (κ2) is 6.43. The fourth-order valence-electron chi connectivity index (χ4n) is 2.29. The number of rotatable bonds is 5. The number of pyridine rings is 1. The van der Waals surface area contributed by atoms with Crippen LogP contribution < -0.4 is 4.74 Å². The molecule has 2 aromatic carbocycles. The van der Waals surface area contributed by atoms with Crippen LogP contribution in [-0.4, -0.2) is 25.9 Å². The third-order valence-corrected chi connectivity index (χ3v) is 3.47. The topological polar surface area (TPSA) is 146 Å². The lowest BCUT2D eigenvalue weighted by Crippen LogP contribution is -2.01. The number of aromatic nitrogens is 1. The number of carboxylic acids is 1. The Bertz CT molecular complexity index is 1060. The number of carboxylic acid groups (broad SMARTS) is 1. The van der Waals surface area contributed by atoms with Crippen molar-refractivity contribution in [2.75, 3.05) is 0 Å². The molecule has 0 aliphatic heterocycles. The van der Waals surface area contributed by atoms with Crippen LogP contribution >= 0.6 is 0 Å². The molecule has 0 amide bonds. The first-order valence-electron chi connectivity index (χ1n) is 7.10. The zero-order valence-corrected chi connectivity index (χ0v) is 12.9. The Kier molecular flexibility index (Phi) is 4.15. The van der Waals surface area contributed by atoms with Crippen LogP contribution in [0.2, 0.25) is 0 Å². The maximum absolute atomic E-state index is 11.2. The predicted octanol–water partition coefficient (Wildman–Crippen LogP) is 3.54. The number of hydrogen-bond donors (Lipinski definition) is 1. The van der Waals surface area contributed by atoms with Gasteiger partial charge in [0.2, 0.25) is 5.75 Å². The van der Waals surface area contributed by atoms with Gasteiger partial charge in [-0.15, -0.1) is 0 Å². The van der Waals surface area contributed by atoms with Gasteiger partial charge < -0.3 is 9.84 Å². The molecule has 0 atom stereocenters. The van der Waals surface area contributed by atoms with Gasteiger partial charge in [0.1, 0.15) is 11.2 Å². The van der Waals surface area contributed by atoms with Gasteiger partial charge >= 0.3 is 11.7 Å². The molecule has 1 aromatic heterocycles. The predicted molar refractivity (Wildman–Crippen MR) is 88.5 cm³/mol. The van der Waals surface area contributed by atoms with Crippen molar-refractivity contribution in [3.8, 4) is 11.5 Å². The number of fused-ring (bicyclic) bond motifs is 1. The van der Waals surface area contributed by atoms with Gasteiger partial charge in [-0.1, -0.05) is 18.2 Å². The lowest BCUT2D eigenvalue weighted by molar-refractivity contribution is -0.394. The Hall–Kier alpha value is -4.08. The van der Waals surface area contributed by atoms with Gasteiger partial charge in [0, 0.05) is 11.5 Å². The summed E-state index contributed by atoms with van der Waals surface area (Å²) < 4.78 is 5.53. The smallest absolute Gasteiger partial charge is 0.354 e. The zero-order valence-electron chi connectivity index (χ0n) is 12.9. The summed E-state index contributed by atoms with van der Waals surface area (Å²) in [6.45, 7) is 0. The number of benzene rings is 2. The number of para-hydroxylation sites is 1. The Morgan fingerprint density at radius 2 is 1.77 bits per heavy atom. The lowest BCUT2D eigenvalue weighted by Gasteiger charge is -2.09. The van der Waals surface area contributed by atoms with Gasteiger partial charge in [-0.05, 0) is 18.2 Å². The van der Waals surface area contributed by atoms with E-state index < -0.39 is 27.2 Å². The number of ether oxygens (including phenoxy) is 1. The first-order chi connectivity index (χ1) is 12.4. The van der Waals surface area contributed by atoms with Crippen LogP contribution in [0.4, 0.5) is 11.4 Å². The van der Waals surface area contributed by atoms with Crippen LogP contribution in [0.5, 0.6) is 11.5 Å². The highest BCUT2D eigenvalue weighted by Crippen LogP contribution is 2.36. The third kappa shape index (κ3) is 3.11. The molecule has 0 saturated carbocycles. The zero-order chi connectivity index (χ0) is 18.8. The van der Waals surface area contributed by atoms with Gasteiger partial charge in [-0.25, -0.2) is 9.78 Å². The molecule has 0 bridgehead atoms. The summed E-state index contributed by atoms with van der Waals surface area (Å²) >= 11 is 0. The van der Waals surface area contributed by atoms with Crippen LogP contribution in [0.3, 0.4) is 0 Å². The molecule has 0 fully saturated rings. The summed E-state index contributed by atoms with van der Waals surface area (Å²) in [7, 11) is 0. The van der Waals surface area contributed by atoms with Crippen molar-refractivity contribution in [1.29, 1.82) is 0 Å². The number of non-ortho nitro benzene ring substituents is 1. The number of nitrogens with zero attached hydrogens (tertiary/aromatic N) is 3. The second-order valence-electron chi connectivity index (χ2n) is 5.10. The summed E-state index contributed by atoms with van der Waals surface area (Å²) in [5.74, 6) is -1.37. The van der Waals surface area contributed by atoms with E-state index in [4.69, 9.17) is 9.84 Å². The van der Waals surface area contributed by atoms with E-state index in [1.54, 1.807) is 12.1 Å². The highest BCUT2D eigenvalue weighted by atomic mass is 16.6. The lowest BCUT2D eigenvalue weighted by atomic mass is 10.2. The van der Waals surface area contributed by atoms with Crippen LogP contribution in [-0.2, 0) is 0 Å². The monoisotopic (exact) mass is 355 g/mol. The normalized spacial score (nSPS) is 10.5. The van der Waals surface area contributed by atoms with E-state index in [-0.39, 0.29) is 22.7 Å². The number of hydrogen-bond acceptors (Lipinski definition) is 7. The van der Waals surface area contributed by atoms with E-state index in [1.165, 1.54) is 18.2 Å². The van der Waals surface area contributed by atoms with Gasteiger partial charge in [0.25, 0.3) is 5.69 Å². The van der Waals surface area contributed by atoms with E-state index in [2.05, 4.69) is 4.98 Å². The van der Waals surface area contributed by atoms with Crippen molar-refractivity contribution < 1.29 is 24.5 Å². The van der Waals surface area contributed by atoms with Crippen LogP contribution in [0, 0.1) is 20.2 Å². The van der Waals surface area contributed by atoms with Crippen LogP contribution in [0.25, 0.3) is 10.9 Å². The fourth-order valence-corrected chi connectivity index (χ4v) is 2.29. The number of nitro benzene ring substituents is 2. The third-order valence-electron chi connectivity index (χ3n) is 3.47. The average Bonchev–Trinajstić information content (AvgIpc) is 2.61. The van der Waals surface area contributed by atoms with Gasteiger partial charge in [0.05, 0.1) is 15.9 Å². The van der Waals surface area contributed by atoms with Crippen molar-refractivity contribution >= 4 is 28.2 Å². The number of aromatic carboxylic acids is 1. The molecule has 0 unspecified atom stereocenters. The highest BCUT2D eigenvalue weighted by Gasteiger charge is 2.22. The van der Waals surface area contributed by atoms with E-state index in [9.17, 15) is 25.0 Å². The Morgan fingerprint density at radius 1 is 1.00 bits per heavy atom. The molecular formula is C16H9N3O7. The molecule has 3 rings (SSSR count). The summed E-state index contributed by atoms with van der Waals surface area (Å²) in [4.78, 5) is 35.5. The van der Waals surface area contributed by atoms with Gasteiger partial charge in [-0.2, -0.15) is 0 Å². The molecule has 1 heterocycles. The highest BCUT2D eigenvalue weighted by molar-refractivity contribution is 5.92. The molecule has 0 radical (unpaired) electrons. The van der Waals surface area contributed by atoms with Crippen molar-refractivity contribution in [3.05, 3.63) is 74.5 Å². The van der Waals surface area contributed by atoms with Crippen molar-refractivity contribution in [2.45, 2.75) is 0 Å². The quantitative estimate of drug-likeness (QED) is 0.540. The standard InChI is InChI=1S/C16H9N3O7/c20-16(21)11-6-4-9-2-1-3-14(15(9)17-11)26-13-7-5-10(18(22)23)8-12(13)19(24)25/h1-8H,(H,20,21). The first-order valence-corrected chi connectivity index (χ1v) is 7.10. The minimum atomic E-state index is -1.23. The maximum atomic E-state index is 11.2. The van der Waals surface area contributed by atoms with Crippen molar-refractivity contribution in [1.82, 2.24) is 4.98 Å². The fraction of sp³-hybridized carbons (Fsp3) is 0. The molecule has 0 aliphatic rings. The molecule has 3 aromatic rings. The molecule has 10 nitrogen and oxygen atoms in total. The van der Waals surface area contributed by atoms with E-state index >= 15 is 0 Å². The first kappa shape index (κ1) is 16.8. The Morgan fingerprint density at radius 3 is 2.42 bits per heavy atom. The summed E-state index contributed by atoms with van der Waals surface area (Å²) in [6.07, 6.45) is 0. The Labute approximate surface area is 144 Å². The molecule has 0 aliphatic carbocycles. The minimum Gasteiger partial charge on any atom is -0.477 e. The average molecular weight is 355 g/mol. The maximum Gasteiger partial charge on any atom is 0.354 e. The minimum absolute atomic E-state index is 0.0857. The van der Waals surface area contributed by atoms with E-state index in [0.717, 1.165) is 18.2 Å². The molecule has 10 heteroatoms. The van der Waals surface area contributed by atoms with Crippen molar-refractivity contribution in [3.63, 3.8) is 0 Å². The molecule has 0 spiro atoms. The number of carbonyl (C=O) groups is 1. The summed E-state index contributed by atoms with van der Waals surface area (Å²) in [6, 6.07) is 10.6. The second-order valence-corrected chi connectivity index (χ2v) is 5.10. The van der Waals surface area contributed by atoms with E-state index in [0.29, 0.717) is 5.39 Å². The molecule has 1 N–H and O–H groups in total. The van der Waals surface area contributed by atoms with Gasteiger partial charge in [0.15, 0.2) is 5.75 Å². The molecule has 26 heavy (non-hydrogen) atoms. The summed E-state index contributed by atoms with van der Waals surface area (Å²) in [5.41, 5.74) is -1.06. The van der Waals surface area contributed by atoms with Crippen LogP contribution in [0.1, 0.15) is 10.5 Å². The van der Waals surface area contributed by atoms with Crippen LogP contribution in [0.15, 0.2) is 48.5 Å². The van der Waals surface area contributed by atoms with Gasteiger partial charge in [-0.3, -0.25) is 20.2 Å². The molecular weight excluding hydrogens is 346 g/mol. The molecule has 0 saturated heterocycles. The Balaban J connectivity index is 2.11. The SMILES string of the molecule is O=C(O)c1ccc2cccc(Oc3ccc([N+](=O)[O-])cc3[N+](=O)[O-])c2n1. The van der Waals surface area contributed by atoms with Crippen molar-refractivity contribution in [2.24, 2.45) is 0 Å². The van der Waals surface area contributed by atoms with E-state index in [1.807, 2.05) is 0 Å². The summed E-state index contributed by atoms with van der Waals surface area (Å²) in [5, 5.41) is 31.6. The number of nitro groups is 2. The largest absolute Gasteiger partial charge is 0.477 e.